The highest BCUT2D eigenvalue weighted by Crippen LogP contribution is 2.39. The number of anilines is 3. The molecule has 2 aliphatic rings. The Balaban J connectivity index is 1.29. The number of hydrogen-bond acceptors (Lipinski definition) is 6. The summed E-state index contributed by atoms with van der Waals surface area (Å²) in [5.74, 6) is -0.159. The van der Waals surface area contributed by atoms with E-state index in [2.05, 4.69) is 32.5 Å². The molecule has 2 amide bonds. The van der Waals surface area contributed by atoms with E-state index in [0.29, 0.717) is 28.5 Å². The molecule has 4 heterocycles. The fourth-order valence-corrected chi connectivity index (χ4v) is 5.27. The minimum atomic E-state index is -0.214. The maximum absolute atomic E-state index is 13.2. The average Bonchev–Trinajstić information content (AvgIpc) is 3.55. The molecule has 40 heavy (non-hydrogen) atoms. The molecule has 2 aliphatic heterocycles. The molecule has 4 aromatic rings. The van der Waals surface area contributed by atoms with Gasteiger partial charge in [-0.05, 0) is 55.6 Å². The number of aromatic nitrogens is 2. The van der Waals surface area contributed by atoms with Crippen LogP contribution in [0.25, 0.3) is 16.9 Å². The fourth-order valence-electron chi connectivity index (χ4n) is 5.10. The van der Waals surface area contributed by atoms with Gasteiger partial charge in [-0.3, -0.25) is 14.5 Å². The summed E-state index contributed by atoms with van der Waals surface area (Å²) in [6.07, 6.45) is 5.53. The molecule has 2 aromatic heterocycles. The largest absolute Gasteiger partial charge is 0.354 e. The number of amides is 2. The van der Waals surface area contributed by atoms with Crippen molar-refractivity contribution in [3.63, 3.8) is 0 Å². The summed E-state index contributed by atoms with van der Waals surface area (Å²) < 4.78 is 1.91. The second-order valence-corrected chi connectivity index (χ2v) is 10.6. The number of imidazole rings is 1. The minimum absolute atomic E-state index is 0.0546. The molecule has 6 rings (SSSR count). The summed E-state index contributed by atoms with van der Waals surface area (Å²) in [6, 6.07) is 16.9. The van der Waals surface area contributed by atoms with Crippen molar-refractivity contribution in [3.8, 4) is 0 Å². The van der Waals surface area contributed by atoms with Crippen molar-refractivity contribution >= 4 is 57.4 Å². The van der Waals surface area contributed by atoms with Crippen LogP contribution in [-0.2, 0) is 9.59 Å². The molecule has 9 nitrogen and oxygen atoms in total. The third-order valence-corrected chi connectivity index (χ3v) is 7.75. The molecule has 0 radical (unpaired) electrons. The molecule has 10 heteroatoms. The third kappa shape index (κ3) is 5.19. The summed E-state index contributed by atoms with van der Waals surface area (Å²) in [7, 11) is 3.91. The number of pyridine rings is 1. The lowest BCUT2D eigenvalue weighted by Crippen LogP contribution is -2.48. The monoisotopic (exact) mass is 555 g/mol. The van der Waals surface area contributed by atoms with Crippen LogP contribution in [-0.4, -0.2) is 77.8 Å². The predicted molar refractivity (Wildman–Crippen MR) is 159 cm³/mol. The Kier molecular flexibility index (Phi) is 7.02. The van der Waals surface area contributed by atoms with E-state index < -0.39 is 0 Å². The van der Waals surface area contributed by atoms with Crippen molar-refractivity contribution < 1.29 is 9.59 Å². The van der Waals surface area contributed by atoms with Gasteiger partial charge in [0, 0.05) is 79.3 Å². The van der Waals surface area contributed by atoms with E-state index >= 15 is 0 Å². The molecule has 0 saturated carbocycles. The fraction of sp³-hybridized carbons (Fsp3) is 0.233. The number of carbonyl (C=O) groups excluding carboxylic acids is 2. The van der Waals surface area contributed by atoms with E-state index in [-0.39, 0.29) is 11.8 Å². The van der Waals surface area contributed by atoms with Gasteiger partial charge in [-0.1, -0.05) is 17.7 Å². The Labute approximate surface area is 237 Å². The zero-order valence-electron chi connectivity index (χ0n) is 22.4. The van der Waals surface area contributed by atoms with E-state index in [0.717, 1.165) is 54.3 Å². The average molecular weight is 556 g/mol. The third-order valence-electron chi connectivity index (χ3n) is 7.52. The summed E-state index contributed by atoms with van der Waals surface area (Å²) in [6.45, 7) is 4.12. The molecule has 0 atom stereocenters. The van der Waals surface area contributed by atoms with Gasteiger partial charge in [-0.15, -0.1) is 0 Å². The van der Waals surface area contributed by atoms with Gasteiger partial charge in [0.05, 0.1) is 23.5 Å². The first kappa shape index (κ1) is 26.1. The van der Waals surface area contributed by atoms with Gasteiger partial charge in [0.15, 0.2) is 0 Å². The Hall–Kier alpha value is -4.18. The Bertz CT molecular complexity index is 1620. The van der Waals surface area contributed by atoms with Crippen molar-refractivity contribution in [2.75, 3.05) is 62.4 Å². The second kappa shape index (κ2) is 10.8. The molecular weight excluding hydrogens is 526 g/mol. The van der Waals surface area contributed by atoms with E-state index in [1.807, 2.05) is 59.3 Å². The van der Waals surface area contributed by atoms with Gasteiger partial charge < -0.3 is 24.8 Å². The molecule has 1 fully saturated rings. The molecule has 0 spiro atoms. The molecule has 2 aromatic carbocycles. The topological polar surface area (TPSA) is 85.2 Å². The van der Waals surface area contributed by atoms with Crippen molar-refractivity contribution in [2.45, 2.75) is 0 Å². The van der Waals surface area contributed by atoms with Crippen molar-refractivity contribution in [1.29, 1.82) is 0 Å². The van der Waals surface area contributed by atoms with Gasteiger partial charge in [0.25, 0.3) is 5.91 Å². The number of piperazine rings is 1. The number of nitrogens with one attached hydrogen (secondary N) is 2. The van der Waals surface area contributed by atoms with Gasteiger partial charge in [-0.25, -0.2) is 4.98 Å². The molecule has 0 bridgehead atoms. The van der Waals surface area contributed by atoms with Crippen molar-refractivity contribution in [3.05, 3.63) is 89.3 Å². The molecular formula is C30H30ClN7O2. The van der Waals surface area contributed by atoms with Gasteiger partial charge in [0.1, 0.15) is 5.65 Å². The van der Waals surface area contributed by atoms with Crippen LogP contribution in [0.2, 0.25) is 5.02 Å². The summed E-state index contributed by atoms with van der Waals surface area (Å²) in [4.78, 5) is 36.8. The SMILES string of the molecule is CN1CCN(CC(=O)N(C)c2ccc(NC(=C3C(=O)Nc4cc(Cl)ccc43)c3ccn4ccnc4c3)cc2)CC1. The quantitative estimate of drug-likeness (QED) is 0.348. The number of benzene rings is 2. The highest BCUT2D eigenvalue weighted by atomic mass is 35.5. The van der Waals surface area contributed by atoms with Crippen LogP contribution < -0.4 is 15.5 Å². The van der Waals surface area contributed by atoms with E-state index in [9.17, 15) is 9.59 Å². The molecule has 0 aliphatic carbocycles. The van der Waals surface area contributed by atoms with E-state index in [1.54, 1.807) is 30.3 Å². The van der Waals surface area contributed by atoms with Crippen LogP contribution in [0.15, 0.2) is 73.2 Å². The lowest BCUT2D eigenvalue weighted by atomic mass is 10.0. The smallest absolute Gasteiger partial charge is 0.258 e. The number of nitrogens with zero attached hydrogens (tertiary/aromatic N) is 5. The summed E-state index contributed by atoms with van der Waals surface area (Å²) in [5.41, 5.74) is 5.77. The van der Waals surface area contributed by atoms with E-state index in [1.165, 1.54) is 0 Å². The number of fused-ring (bicyclic) bond motifs is 2. The van der Waals surface area contributed by atoms with Crippen LogP contribution in [0.5, 0.6) is 0 Å². The van der Waals surface area contributed by atoms with Crippen LogP contribution in [0, 0.1) is 0 Å². The molecule has 0 unspecified atom stereocenters. The van der Waals surface area contributed by atoms with Crippen LogP contribution >= 0.6 is 11.6 Å². The number of halogens is 1. The van der Waals surface area contributed by atoms with Gasteiger partial charge >= 0.3 is 0 Å². The summed E-state index contributed by atoms with van der Waals surface area (Å²) >= 11 is 6.19. The molecule has 1 saturated heterocycles. The maximum Gasteiger partial charge on any atom is 0.258 e. The predicted octanol–water partition coefficient (Wildman–Crippen LogP) is 4.13. The normalized spacial score (nSPS) is 17.0. The van der Waals surface area contributed by atoms with Crippen LogP contribution in [0.4, 0.5) is 17.1 Å². The lowest BCUT2D eigenvalue weighted by Gasteiger charge is -2.32. The lowest BCUT2D eigenvalue weighted by molar-refractivity contribution is -0.119. The second-order valence-electron chi connectivity index (χ2n) is 10.2. The van der Waals surface area contributed by atoms with E-state index in [4.69, 9.17) is 11.6 Å². The summed E-state index contributed by atoms with van der Waals surface area (Å²) in [5, 5.41) is 6.97. The molecule has 2 N–H and O–H groups in total. The standard InChI is InChI=1S/C30H30ClN7O2/c1-35-13-15-37(16-14-35)19-27(39)36(2)23-6-4-22(5-7-23)33-29(20-9-11-38-12-10-32-26(38)17-20)28-24-8-3-21(31)18-25(24)34-30(28)40/h3-12,17-18,33H,13-16,19H2,1-2H3,(H,34,40). The Morgan fingerprint density at radius 3 is 2.60 bits per heavy atom. The first-order valence-corrected chi connectivity index (χ1v) is 13.6. The minimum Gasteiger partial charge on any atom is -0.354 e. The highest BCUT2D eigenvalue weighted by Gasteiger charge is 2.29. The van der Waals surface area contributed by atoms with Crippen molar-refractivity contribution in [1.82, 2.24) is 19.2 Å². The highest BCUT2D eigenvalue weighted by molar-refractivity contribution is 6.38. The number of rotatable bonds is 6. The van der Waals surface area contributed by atoms with Gasteiger partial charge in [-0.2, -0.15) is 0 Å². The Morgan fingerprint density at radius 2 is 1.82 bits per heavy atom. The number of likely N-dealkylation sites (N-methyl/N-ethyl adjacent to an activating group) is 2. The first-order chi connectivity index (χ1) is 19.4. The maximum atomic E-state index is 13.2. The zero-order chi connectivity index (χ0) is 27.8. The Morgan fingerprint density at radius 1 is 1.05 bits per heavy atom. The van der Waals surface area contributed by atoms with Gasteiger partial charge in [0.2, 0.25) is 5.91 Å². The number of carbonyl (C=O) groups is 2. The van der Waals surface area contributed by atoms with Crippen molar-refractivity contribution in [2.24, 2.45) is 0 Å². The first-order valence-electron chi connectivity index (χ1n) is 13.2. The van der Waals surface area contributed by atoms with Crippen LogP contribution in [0.1, 0.15) is 11.1 Å². The molecule has 204 valence electrons. The van der Waals surface area contributed by atoms with Crippen LogP contribution in [0.3, 0.4) is 0 Å². The zero-order valence-corrected chi connectivity index (χ0v) is 23.2. The number of hydrogen-bond donors (Lipinski definition) is 2.